The Kier molecular flexibility index (Phi) is 13.9. The zero-order valence-electron chi connectivity index (χ0n) is 24.1. The van der Waals surface area contributed by atoms with Crippen LogP contribution in [0.4, 0.5) is 0 Å². The molecule has 1 aliphatic heterocycles. The highest BCUT2D eigenvalue weighted by molar-refractivity contribution is 5.93. The quantitative estimate of drug-likeness (QED) is 0.169. The number of amides is 3. The van der Waals surface area contributed by atoms with Crippen LogP contribution < -0.4 is 16.4 Å². The van der Waals surface area contributed by atoms with E-state index in [1.165, 1.54) is 0 Å². The summed E-state index contributed by atoms with van der Waals surface area (Å²) >= 11 is 0. The van der Waals surface area contributed by atoms with Gasteiger partial charge in [-0.2, -0.15) is 0 Å². The molecule has 0 spiro atoms. The minimum Gasteiger partial charge on any atom is -0.354 e. The number of benzene rings is 1. The van der Waals surface area contributed by atoms with Gasteiger partial charge in [-0.05, 0) is 62.3 Å². The number of likely N-dealkylation sites (tertiary alicyclic amines) is 1. The maximum atomic E-state index is 13.8. The lowest BCUT2D eigenvalue weighted by Crippen LogP contribution is -2.55. The van der Waals surface area contributed by atoms with Crippen molar-refractivity contribution in [2.75, 3.05) is 13.1 Å². The Labute approximate surface area is 234 Å². The first-order valence-corrected chi connectivity index (χ1v) is 14.4. The Balaban J connectivity index is 2.08. The van der Waals surface area contributed by atoms with Crippen molar-refractivity contribution in [1.82, 2.24) is 15.5 Å². The lowest BCUT2D eigenvalue weighted by Gasteiger charge is -2.29. The van der Waals surface area contributed by atoms with E-state index >= 15 is 0 Å². The molecule has 4 atom stereocenters. The normalized spacial score (nSPS) is 17.8. The number of aldehydes is 1. The van der Waals surface area contributed by atoms with Crippen LogP contribution in [0.15, 0.2) is 42.5 Å². The first kappa shape index (κ1) is 32.2. The number of hydrogen-bond donors (Lipinski definition) is 3. The maximum absolute atomic E-state index is 13.8. The zero-order valence-corrected chi connectivity index (χ0v) is 24.1. The molecule has 216 valence electrons. The predicted octanol–water partition coefficient (Wildman–Crippen LogP) is 3.39. The van der Waals surface area contributed by atoms with Gasteiger partial charge in [0.1, 0.15) is 18.4 Å². The van der Waals surface area contributed by atoms with E-state index in [-0.39, 0.29) is 29.6 Å². The Morgan fingerprint density at radius 1 is 1.10 bits per heavy atom. The number of hydrogen-bond acceptors (Lipinski definition) is 5. The molecular weight excluding hydrogens is 492 g/mol. The van der Waals surface area contributed by atoms with Gasteiger partial charge in [0.05, 0.1) is 12.0 Å². The first-order valence-electron chi connectivity index (χ1n) is 14.4. The summed E-state index contributed by atoms with van der Waals surface area (Å²) in [5.41, 5.74) is 6.69. The molecule has 0 aliphatic carbocycles. The Bertz CT molecular complexity index is 947. The third kappa shape index (κ3) is 10.9. The van der Waals surface area contributed by atoms with Gasteiger partial charge in [0.15, 0.2) is 0 Å². The second-order valence-corrected chi connectivity index (χ2v) is 11.3. The van der Waals surface area contributed by atoms with Crippen LogP contribution in [-0.4, -0.2) is 60.1 Å². The zero-order chi connectivity index (χ0) is 28.8. The number of nitrogens with one attached hydrogen (secondary N) is 2. The minimum absolute atomic E-state index is 0.0469. The van der Waals surface area contributed by atoms with Crippen molar-refractivity contribution in [3.8, 4) is 0 Å². The van der Waals surface area contributed by atoms with Gasteiger partial charge in [-0.1, -0.05) is 70.2 Å². The Morgan fingerprint density at radius 3 is 2.46 bits per heavy atom. The summed E-state index contributed by atoms with van der Waals surface area (Å²) in [5.74, 6) is -0.510. The lowest BCUT2D eigenvalue weighted by molar-refractivity contribution is -0.141. The van der Waals surface area contributed by atoms with Crippen molar-refractivity contribution in [3.05, 3.63) is 48.0 Å². The number of allylic oxidation sites excluding steroid dienone is 1. The van der Waals surface area contributed by atoms with Crippen LogP contribution >= 0.6 is 0 Å². The third-order valence-corrected chi connectivity index (χ3v) is 7.17. The second kappa shape index (κ2) is 16.9. The summed E-state index contributed by atoms with van der Waals surface area (Å²) in [6.45, 7) is 9.02. The summed E-state index contributed by atoms with van der Waals surface area (Å²) in [5, 5.41) is 5.75. The Morgan fingerprint density at radius 2 is 1.82 bits per heavy atom. The molecule has 0 radical (unpaired) electrons. The fraction of sp³-hybridized carbons (Fsp3) is 0.613. The van der Waals surface area contributed by atoms with Crippen molar-refractivity contribution >= 4 is 24.0 Å². The third-order valence-electron chi connectivity index (χ3n) is 7.17. The van der Waals surface area contributed by atoms with E-state index < -0.39 is 18.1 Å². The molecule has 0 saturated carbocycles. The van der Waals surface area contributed by atoms with Gasteiger partial charge in [-0.25, -0.2) is 0 Å². The average Bonchev–Trinajstić information content (AvgIpc) is 3.41. The van der Waals surface area contributed by atoms with Crippen LogP contribution in [-0.2, 0) is 25.6 Å². The molecule has 4 N–H and O–H groups in total. The van der Waals surface area contributed by atoms with Crippen LogP contribution in [0.5, 0.6) is 0 Å². The average molecular weight is 541 g/mol. The van der Waals surface area contributed by atoms with Crippen molar-refractivity contribution in [1.29, 1.82) is 0 Å². The van der Waals surface area contributed by atoms with E-state index in [0.29, 0.717) is 51.0 Å². The summed E-state index contributed by atoms with van der Waals surface area (Å²) in [7, 11) is 0. The molecule has 1 aromatic rings. The van der Waals surface area contributed by atoms with E-state index in [9.17, 15) is 19.2 Å². The summed E-state index contributed by atoms with van der Waals surface area (Å²) in [6, 6.07) is 8.10. The van der Waals surface area contributed by atoms with E-state index in [1.807, 2.05) is 50.3 Å². The molecule has 1 saturated heterocycles. The van der Waals surface area contributed by atoms with Crippen LogP contribution in [0.1, 0.15) is 71.8 Å². The Hall–Kier alpha value is -3.00. The highest BCUT2D eigenvalue weighted by Crippen LogP contribution is 2.23. The van der Waals surface area contributed by atoms with Gasteiger partial charge in [0.2, 0.25) is 17.7 Å². The summed E-state index contributed by atoms with van der Waals surface area (Å²) in [6.07, 6.45) is 9.71. The van der Waals surface area contributed by atoms with Crippen LogP contribution in [0.25, 0.3) is 0 Å². The van der Waals surface area contributed by atoms with Crippen LogP contribution in [0.3, 0.4) is 0 Å². The van der Waals surface area contributed by atoms with Gasteiger partial charge >= 0.3 is 0 Å². The van der Waals surface area contributed by atoms with E-state index in [4.69, 9.17) is 5.73 Å². The van der Waals surface area contributed by atoms with Crippen molar-refractivity contribution in [2.45, 2.75) is 90.8 Å². The highest BCUT2D eigenvalue weighted by Gasteiger charge is 2.38. The van der Waals surface area contributed by atoms with Crippen LogP contribution in [0.2, 0.25) is 0 Å². The molecular formula is C31H48N4O4. The predicted molar refractivity (Wildman–Crippen MR) is 155 cm³/mol. The number of nitrogens with two attached hydrogens (primary N) is 1. The van der Waals surface area contributed by atoms with Crippen LogP contribution in [0, 0.1) is 17.8 Å². The van der Waals surface area contributed by atoms with Gasteiger partial charge in [0.25, 0.3) is 0 Å². The molecule has 1 heterocycles. The highest BCUT2D eigenvalue weighted by atomic mass is 16.2. The number of rotatable bonds is 16. The van der Waals surface area contributed by atoms with Gasteiger partial charge in [-0.15, -0.1) is 0 Å². The standard InChI is InChI=1S/C31H48N4O4/c1-22(2)12-8-9-15-25(20-24-13-6-5-7-14-24)31(39)35-19-11-17-27(35)29(37)34-28(23(3)4)30(38)33-18-10-16-26(32)21-36/h5-7,9,13-15,21-23,25-28H,8,10-12,16-20,32H2,1-4H3,(H,33,38)(H,34,37)/b15-9+/t25-,26+,27+,28?/m1/s1. The number of carbonyl (C=O) groups is 4. The molecule has 3 amide bonds. The number of nitrogens with zero attached hydrogens (tertiary/aromatic N) is 1. The molecule has 1 aliphatic rings. The molecule has 8 nitrogen and oxygen atoms in total. The molecule has 0 bridgehead atoms. The van der Waals surface area contributed by atoms with Gasteiger partial charge < -0.3 is 26.1 Å². The summed E-state index contributed by atoms with van der Waals surface area (Å²) in [4.78, 5) is 52.4. The monoisotopic (exact) mass is 540 g/mol. The fourth-order valence-electron chi connectivity index (χ4n) is 4.82. The topological polar surface area (TPSA) is 122 Å². The SMILES string of the molecule is CC(C)CC/C=C/[C@H](Cc1ccccc1)C(=O)N1CCC[C@H]1C(=O)NC(C(=O)NCCC[C@H](N)C=O)C(C)C. The summed E-state index contributed by atoms with van der Waals surface area (Å²) < 4.78 is 0. The molecule has 0 aromatic heterocycles. The lowest BCUT2D eigenvalue weighted by atomic mass is 9.96. The molecule has 2 rings (SSSR count). The maximum Gasteiger partial charge on any atom is 0.243 e. The van der Waals surface area contributed by atoms with Crippen molar-refractivity contribution < 1.29 is 19.2 Å². The van der Waals surface area contributed by atoms with E-state index in [1.54, 1.807) is 4.90 Å². The first-order chi connectivity index (χ1) is 18.6. The molecule has 8 heteroatoms. The fourth-order valence-corrected chi connectivity index (χ4v) is 4.82. The number of carbonyl (C=O) groups excluding carboxylic acids is 4. The largest absolute Gasteiger partial charge is 0.354 e. The van der Waals surface area contributed by atoms with Gasteiger partial charge in [0, 0.05) is 13.1 Å². The molecule has 39 heavy (non-hydrogen) atoms. The van der Waals surface area contributed by atoms with E-state index in [2.05, 4.69) is 30.6 Å². The van der Waals surface area contributed by atoms with E-state index in [0.717, 1.165) is 24.8 Å². The van der Waals surface area contributed by atoms with Crippen molar-refractivity contribution in [3.63, 3.8) is 0 Å². The molecule has 1 aromatic carbocycles. The molecule has 1 unspecified atom stereocenters. The second-order valence-electron chi connectivity index (χ2n) is 11.3. The minimum atomic E-state index is -0.717. The van der Waals surface area contributed by atoms with Gasteiger partial charge in [-0.3, -0.25) is 14.4 Å². The van der Waals surface area contributed by atoms with Crippen molar-refractivity contribution in [2.24, 2.45) is 23.5 Å². The smallest absolute Gasteiger partial charge is 0.243 e. The molecule has 1 fully saturated rings.